The number of hydrogen-bond acceptors (Lipinski definition) is 7. The number of aryl methyl sites for hydroxylation is 2. The summed E-state index contributed by atoms with van der Waals surface area (Å²) in [4.78, 5) is 11.7. The van der Waals surface area contributed by atoms with Crippen LogP contribution in [0.15, 0.2) is 24.5 Å². The van der Waals surface area contributed by atoms with Crippen LogP contribution < -0.4 is 5.32 Å². The molecule has 0 spiro atoms. The van der Waals surface area contributed by atoms with E-state index in [4.69, 9.17) is 9.72 Å². The molecular formula is C23H30N6O2. The zero-order valence-electron chi connectivity index (χ0n) is 18.4. The van der Waals surface area contributed by atoms with E-state index in [-0.39, 0.29) is 12.1 Å². The van der Waals surface area contributed by atoms with Gasteiger partial charge in [-0.15, -0.1) is 0 Å². The third-order valence-electron chi connectivity index (χ3n) is 6.91. The van der Waals surface area contributed by atoms with Crippen molar-refractivity contribution in [3.8, 4) is 0 Å². The molecule has 2 aromatic heterocycles. The molecule has 2 fully saturated rings. The van der Waals surface area contributed by atoms with E-state index in [0.717, 1.165) is 48.2 Å². The largest absolute Gasteiger partial charge is 0.389 e. The summed E-state index contributed by atoms with van der Waals surface area (Å²) < 4.78 is 7.27. The highest BCUT2D eigenvalue weighted by Gasteiger charge is 2.34. The minimum atomic E-state index is -0.356. The number of piperidine rings is 1. The van der Waals surface area contributed by atoms with Crippen molar-refractivity contribution in [1.82, 2.24) is 24.6 Å². The molecule has 2 aliphatic rings. The number of nitrogens with one attached hydrogen (secondary N) is 1. The first-order valence-electron chi connectivity index (χ1n) is 11.0. The lowest BCUT2D eigenvalue weighted by molar-refractivity contribution is 0.0663. The van der Waals surface area contributed by atoms with Crippen LogP contribution in [0.5, 0.6) is 0 Å². The van der Waals surface area contributed by atoms with Gasteiger partial charge in [-0.2, -0.15) is 5.10 Å². The number of anilines is 2. The highest BCUT2D eigenvalue weighted by atomic mass is 16.5. The predicted molar refractivity (Wildman–Crippen MR) is 120 cm³/mol. The fraction of sp³-hybridized carbons (Fsp3) is 0.522. The molecule has 31 heavy (non-hydrogen) atoms. The summed E-state index contributed by atoms with van der Waals surface area (Å²) in [7, 11) is 1.92. The van der Waals surface area contributed by atoms with Crippen LogP contribution in [0.3, 0.4) is 0 Å². The molecular weight excluding hydrogens is 392 g/mol. The maximum absolute atomic E-state index is 10.1. The smallest absolute Gasteiger partial charge is 0.227 e. The van der Waals surface area contributed by atoms with Gasteiger partial charge in [0.15, 0.2) is 0 Å². The Morgan fingerprint density at radius 3 is 2.61 bits per heavy atom. The van der Waals surface area contributed by atoms with Crippen LogP contribution >= 0.6 is 0 Å². The van der Waals surface area contributed by atoms with Crippen molar-refractivity contribution in [2.45, 2.75) is 44.8 Å². The summed E-state index contributed by atoms with van der Waals surface area (Å²) in [5.41, 5.74) is 5.58. The number of aliphatic hydroxyl groups is 1. The first-order chi connectivity index (χ1) is 15.0. The normalized spacial score (nSPS) is 23.0. The van der Waals surface area contributed by atoms with Gasteiger partial charge >= 0.3 is 0 Å². The number of hydrogen-bond donors (Lipinski definition) is 2. The van der Waals surface area contributed by atoms with Gasteiger partial charge in [0.1, 0.15) is 0 Å². The maximum Gasteiger partial charge on any atom is 0.227 e. The Balaban J connectivity index is 1.35. The van der Waals surface area contributed by atoms with E-state index >= 15 is 0 Å². The number of ether oxygens (including phenoxy) is 1. The fourth-order valence-electron chi connectivity index (χ4n) is 4.87. The van der Waals surface area contributed by atoms with Crippen molar-refractivity contribution in [2.24, 2.45) is 7.05 Å². The summed E-state index contributed by atoms with van der Waals surface area (Å²) >= 11 is 0. The van der Waals surface area contributed by atoms with Crippen LogP contribution in [-0.2, 0) is 11.8 Å². The topological polar surface area (TPSA) is 88.3 Å². The van der Waals surface area contributed by atoms with Crippen molar-refractivity contribution >= 4 is 22.5 Å². The minimum absolute atomic E-state index is 0.149. The van der Waals surface area contributed by atoms with E-state index in [1.165, 1.54) is 11.1 Å². The van der Waals surface area contributed by atoms with Gasteiger partial charge in [-0.1, -0.05) is 0 Å². The predicted octanol–water partition coefficient (Wildman–Crippen LogP) is 2.66. The van der Waals surface area contributed by atoms with E-state index in [9.17, 15) is 5.11 Å². The molecule has 2 N–H and O–H groups in total. The molecule has 3 aromatic rings. The van der Waals surface area contributed by atoms with Crippen molar-refractivity contribution < 1.29 is 9.84 Å². The molecule has 0 bridgehead atoms. The van der Waals surface area contributed by atoms with Crippen LogP contribution in [0.25, 0.3) is 10.9 Å². The van der Waals surface area contributed by atoms with E-state index in [1.54, 1.807) is 6.20 Å². The van der Waals surface area contributed by atoms with Gasteiger partial charge in [0.25, 0.3) is 0 Å². The second-order valence-electron chi connectivity index (χ2n) is 8.84. The summed E-state index contributed by atoms with van der Waals surface area (Å²) in [6.07, 6.45) is 5.49. The first-order valence-corrected chi connectivity index (χ1v) is 11.0. The molecule has 2 unspecified atom stereocenters. The molecule has 2 aliphatic heterocycles. The molecule has 4 heterocycles. The van der Waals surface area contributed by atoms with Gasteiger partial charge in [0.05, 0.1) is 48.5 Å². The van der Waals surface area contributed by atoms with Gasteiger partial charge in [0, 0.05) is 18.6 Å². The summed E-state index contributed by atoms with van der Waals surface area (Å²) in [5, 5.41) is 18.8. The summed E-state index contributed by atoms with van der Waals surface area (Å²) in [5.74, 6) is 1.09. The Labute approximate surface area is 182 Å². The van der Waals surface area contributed by atoms with Gasteiger partial charge in [-0.05, 0) is 69.0 Å². The average Bonchev–Trinajstić information content (AvgIpc) is 3.34. The number of fused-ring (bicyclic) bond motifs is 1. The molecule has 0 saturated carbocycles. The van der Waals surface area contributed by atoms with Crippen LogP contribution in [0.4, 0.5) is 11.6 Å². The first kappa shape index (κ1) is 20.4. The number of likely N-dealkylation sites (tertiary alicyclic amines) is 1. The lowest BCUT2D eigenvalue weighted by Crippen LogP contribution is -2.46. The number of nitrogens with zero attached hydrogens (tertiary/aromatic N) is 5. The molecule has 0 aliphatic carbocycles. The molecule has 164 valence electrons. The van der Waals surface area contributed by atoms with Crippen molar-refractivity contribution in [3.05, 3.63) is 41.3 Å². The Bertz CT molecular complexity index is 1090. The monoisotopic (exact) mass is 422 g/mol. The molecule has 8 nitrogen and oxygen atoms in total. The summed E-state index contributed by atoms with van der Waals surface area (Å²) in [6, 6.07) is 4.59. The fourth-order valence-corrected chi connectivity index (χ4v) is 4.87. The van der Waals surface area contributed by atoms with Gasteiger partial charge in [0.2, 0.25) is 5.95 Å². The van der Waals surface area contributed by atoms with Crippen molar-refractivity contribution in [1.29, 1.82) is 0 Å². The number of aromatic nitrogens is 4. The van der Waals surface area contributed by atoms with E-state index < -0.39 is 0 Å². The van der Waals surface area contributed by atoms with Crippen molar-refractivity contribution in [2.75, 3.05) is 31.6 Å². The van der Waals surface area contributed by atoms with Crippen LogP contribution in [0.1, 0.15) is 35.6 Å². The number of rotatable bonds is 4. The highest BCUT2D eigenvalue weighted by Crippen LogP contribution is 2.34. The zero-order chi connectivity index (χ0) is 21.5. The average molecular weight is 423 g/mol. The molecule has 2 saturated heterocycles. The lowest BCUT2D eigenvalue weighted by Gasteiger charge is -2.37. The van der Waals surface area contributed by atoms with Crippen LogP contribution in [-0.4, -0.2) is 68.2 Å². The van der Waals surface area contributed by atoms with E-state index in [0.29, 0.717) is 25.1 Å². The van der Waals surface area contributed by atoms with E-state index in [1.807, 2.05) is 24.9 Å². The third kappa shape index (κ3) is 3.91. The van der Waals surface area contributed by atoms with Crippen molar-refractivity contribution in [3.63, 3.8) is 0 Å². The molecule has 0 amide bonds. The highest BCUT2D eigenvalue weighted by molar-refractivity contribution is 5.81. The molecule has 2 atom stereocenters. The summed E-state index contributed by atoms with van der Waals surface area (Å²) in [6.45, 7) is 7.28. The third-order valence-corrected chi connectivity index (χ3v) is 6.91. The second kappa shape index (κ2) is 8.18. The standard InChI is InChI=1S/C23H30N6O2/c1-14-8-17-10-24-23(27-20-11-25-28(3)15(20)2)26-19(17)9-18(14)16-4-6-29(7-5-16)21-12-31-13-22(21)30/h8-11,16,21-22,30H,4-7,12-13H2,1-3H3,(H,24,26,27). The Morgan fingerprint density at radius 1 is 1.13 bits per heavy atom. The lowest BCUT2D eigenvalue weighted by atomic mass is 9.85. The molecule has 8 heteroatoms. The second-order valence-corrected chi connectivity index (χ2v) is 8.84. The van der Waals surface area contributed by atoms with Crippen LogP contribution in [0.2, 0.25) is 0 Å². The SMILES string of the molecule is Cc1cc2cnc(Nc3cnn(C)c3C)nc2cc1C1CCN(C2COCC2O)CC1. The van der Waals surface area contributed by atoms with Gasteiger partial charge < -0.3 is 15.2 Å². The molecule has 5 rings (SSSR count). The van der Waals surface area contributed by atoms with E-state index in [2.05, 4.69) is 39.4 Å². The zero-order valence-corrected chi connectivity index (χ0v) is 18.4. The quantitative estimate of drug-likeness (QED) is 0.668. The Hall–Kier alpha value is -2.55. The van der Waals surface area contributed by atoms with Crippen LogP contribution in [0, 0.1) is 13.8 Å². The Morgan fingerprint density at radius 2 is 1.94 bits per heavy atom. The van der Waals surface area contributed by atoms with Gasteiger partial charge in [-0.3, -0.25) is 9.58 Å². The number of benzene rings is 1. The molecule has 0 radical (unpaired) electrons. The minimum Gasteiger partial charge on any atom is -0.389 e. The number of aliphatic hydroxyl groups excluding tert-OH is 1. The maximum atomic E-state index is 10.1. The van der Waals surface area contributed by atoms with Gasteiger partial charge in [-0.25, -0.2) is 9.97 Å². The molecule has 1 aromatic carbocycles. The Kier molecular flexibility index (Phi) is 5.37.